The van der Waals surface area contributed by atoms with Crippen LogP contribution in [0.15, 0.2) is 97.1 Å². The molecule has 0 aliphatic carbocycles. The highest BCUT2D eigenvalue weighted by atomic mass is 32.1. The summed E-state index contributed by atoms with van der Waals surface area (Å²) in [6.07, 6.45) is 0. The number of fused-ring (bicyclic) bond motifs is 7. The number of rotatable bonds is 0. The summed E-state index contributed by atoms with van der Waals surface area (Å²) in [7, 11) is 0. The van der Waals surface area contributed by atoms with Crippen molar-refractivity contribution in [2.45, 2.75) is 0 Å². The number of hydrogen-bond acceptors (Lipinski definition) is 2. The van der Waals surface area contributed by atoms with Gasteiger partial charge in [-0.2, -0.15) is 0 Å². The highest BCUT2D eigenvalue weighted by Gasteiger charge is 2.14. The van der Waals surface area contributed by atoms with Gasteiger partial charge in [0.15, 0.2) is 0 Å². The van der Waals surface area contributed by atoms with Crippen LogP contribution in [0.1, 0.15) is 0 Å². The standard InChI is InChI=1S/C30H16S2/c1-5-17-7-3-11-23-27(17)21(9-1)29-19-13-16-26-30(20(19)14-15-25(29)31-23)22-10-2-6-18-8-4-12-24(32-26)28(18)22/h1-16H. The summed E-state index contributed by atoms with van der Waals surface area (Å²) in [5.41, 5.74) is 0. The van der Waals surface area contributed by atoms with E-state index in [1.165, 1.54) is 72.7 Å². The van der Waals surface area contributed by atoms with Gasteiger partial charge in [-0.3, -0.25) is 0 Å². The molecule has 2 heteroatoms. The summed E-state index contributed by atoms with van der Waals surface area (Å²) in [4.78, 5) is 0. The lowest BCUT2D eigenvalue weighted by Crippen LogP contribution is -1.85. The minimum Gasteiger partial charge on any atom is -0.135 e. The predicted octanol–water partition coefficient (Wildman–Crippen LogP) is 9.88. The van der Waals surface area contributed by atoms with Crippen molar-refractivity contribution in [2.24, 2.45) is 0 Å². The normalized spacial score (nSPS) is 12.4. The Morgan fingerprint density at radius 3 is 1.19 bits per heavy atom. The molecule has 6 aromatic carbocycles. The lowest BCUT2D eigenvalue weighted by molar-refractivity contribution is 1.83. The van der Waals surface area contributed by atoms with Crippen LogP contribution in [-0.4, -0.2) is 0 Å². The molecule has 0 radical (unpaired) electrons. The first kappa shape index (κ1) is 17.1. The van der Waals surface area contributed by atoms with Crippen molar-refractivity contribution in [1.29, 1.82) is 0 Å². The first-order valence-electron chi connectivity index (χ1n) is 10.9. The Balaban J connectivity index is 1.67. The molecular weight excluding hydrogens is 424 g/mol. The van der Waals surface area contributed by atoms with Crippen LogP contribution in [0.4, 0.5) is 0 Å². The maximum absolute atomic E-state index is 2.35. The van der Waals surface area contributed by atoms with Gasteiger partial charge in [-0.15, -0.1) is 22.7 Å². The van der Waals surface area contributed by atoms with Gasteiger partial charge in [0.05, 0.1) is 0 Å². The average Bonchev–Trinajstić information content (AvgIpc) is 2.84. The van der Waals surface area contributed by atoms with Gasteiger partial charge in [0, 0.05) is 40.3 Å². The molecule has 8 rings (SSSR count). The summed E-state index contributed by atoms with van der Waals surface area (Å²) in [6, 6.07) is 36.1. The van der Waals surface area contributed by atoms with E-state index in [0.717, 1.165) is 0 Å². The number of hydrogen-bond donors (Lipinski definition) is 0. The van der Waals surface area contributed by atoms with Crippen molar-refractivity contribution < 1.29 is 0 Å². The van der Waals surface area contributed by atoms with Crippen molar-refractivity contribution in [2.75, 3.05) is 0 Å². The van der Waals surface area contributed by atoms with Crippen molar-refractivity contribution >= 4 is 95.3 Å². The molecule has 0 nitrogen and oxygen atoms in total. The van der Waals surface area contributed by atoms with Crippen LogP contribution in [0.5, 0.6) is 0 Å². The van der Waals surface area contributed by atoms with Crippen molar-refractivity contribution in [1.82, 2.24) is 0 Å². The lowest BCUT2D eigenvalue weighted by Gasteiger charge is -2.14. The molecule has 0 bridgehead atoms. The topological polar surface area (TPSA) is 0 Å². The zero-order valence-electron chi connectivity index (χ0n) is 17.1. The molecule has 0 fully saturated rings. The molecule has 0 saturated heterocycles. The monoisotopic (exact) mass is 440 g/mol. The van der Waals surface area contributed by atoms with E-state index < -0.39 is 0 Å². The Kier molecular flexibility index (Phi) is 3.25. The Morgan fingerprint density at radius 2 is 0.719 bits per heavy atom. The molecule has 0 aliphatic heterocycles. The van der Waals surface area contributed by atoms with Gasteiger partial charge >= 0.3 is 0 Å². The van der Waals surface area contributed by atoms with Crippen LogP contribution >= 0.6 is 22.7 Å². The second-order valence-electron chi connectivity index (χ2n) is 8.50. The van der Waals surface area contributed by atoms with Crippen LogP contribution in [0.2, 0.25) is 0 Å². The van der Waals surface area contributed by atoms with E-state index in [1.54, 1.807) is 0 Å². The van der Waals surface area contributed by atoms with Crippen LogP contribution in [0, 0.1) is 0 Å². The first-order chi connectivity index (χ1) is 15.9. The summed E-state index contributed by atoms with van der Waals surface area (Å²) in [5, 5.41) is 13.6. The quantitative estimate of drug-likeness (QED) is 0.163. The van der Waals surface area contributed by atoms with Gasteiger partial charge in [0.25, 0.3) is 0 Å². The SMILES string of the molecule is c1cc2cccc3c2c(c1)sc1ccc2c(ccc4sc5cccc6cccc(c65)c42)c13. The molecule has 2 aromatic heterocycles. The zero-order valence-corrected chi connectivity index (χ0v) is 18.7. The fourth-order valence-corrected chi connectivity index (χ4v) is 7.87. The van der Waals surface area contributed by atoms with E-state index >= 15 is 0 Å². The van der Waals surface area contributed by atoms with Crippen molar-refractivity contribution in [3.05, 3.63) is 97.1 Å². The van der Waals surface area contributed by atoms with Crippen LogP contribution < -0.4 is 0 Å². The highest BCUT2D eigenvalue weighted by molar-refractivity contribution is 7.25. The van der Waals surface area contributed by atoms with Gasteiger partial charge in [-0.25, -0.2) is 0 Å². The Bertz CT molecular complexity index is 1880. The molecule has 2 heterocycles. The molecule has 0 N–H and O–H groups in total. The average molecular weight is 441 g/mol. The van der Waals surface area contributed by atoms with Gasteiger partial charge in [-0.1, -0.05) is 72.8 Å². The maximum atomic E-state index is 2.35. The third kappa shape index (κ3) is 2.11. The largest absolute Gasteiger partial charge is 0.135 e. The van der Waals surface area contributed by atoms with Gasteiger partial charge < -0.3 is 0 Å². The van der Waals surface area contributed by atoms with E-state index in [1.807, 2.05) is 22.7 Å². The van der Waals surface area contributed by atoms with Crippen LogP contribution in [0.25, 0.3) is 72.7 Å². The van der Waals surface area contributed by atoms with Crippen LogP contribution in [0.3, 0.4) is 0 Å². The molecular formula is C30H16S2. The van der Waals surface area contributed by atoms with E-state index in [-0.39, 0.29) is 0 Å². The molecule has 0 atom stereocenters. The number of benzene rings is 6. The molecule has 0 unspecified atom stereocenters. The Morgan fingerprint density at radius 1 is 0.312 bits per heavy atom. The second-order valence-corrected chi connectivity index (χ2v) is 10.7. The van der Waals surface area contributed by atoms with Crippen LogP contribution in [-0.2, 0) is 0 Å². The Hall–Kier alpha value is -3.46. The second kappa shape index (κ2) is 6.07. The minimum absolute atomic E-state index is 1.32. The highest BCUT2D eigenvalue weighted by Crippen LogP contribution is 2.45. The van der Waals surface area contributed by atoms with Gasteiger partial charge in [0.2, 0.25) is 0 Å². The third-order valence-corrected chi connectivity index (χ3v) is 9.08. The molecule has 0 spiro atoms. The Labute approximate surface area is 191 Å². The molecule has 0 amide bonds. The van der Waals surface area contributed by atoms with Crippen molar-refractivity contribution in [3.63, 3.8) is 0 Å². The molecule has 8 aromatic rings. The van der Waals surface area contributed by atoms with Gasteiger partial charge in [0.1, 0.15) is 0 Å². The summed E-state index contributed by atoms with van der Waals surface area (Å²) >= 11 is 3.81. The minimum atomic E-state index is 1.32. The first-order valence-corrected chi connectivity index (χ1v) is 12.5. The van der Waals surface area contributed by atoms with E-state index in [0.29, 0.717) is 0 Å². The molecule has 0 saturated carbocycles. The smallest absolute Gasteiger partial charge is 0.0361 e. The fraction of sp³-hybridized carbons (Fsp3) is 0. The summed E-state index contributed by atoms with van der Waals surface area (Å²) < 4.78 is 5.42. The summed E-state index contributed by atoms with van der Waals surface area (Å²) in [5.74, 6) is 0. The van der Waals surface area contributed by atoms with E-state index in [4.69, 9.17) is 0 Å². The molecule has 0 aliphatic rings. The fourth-order valence-electron chi connectivity index (χ4n) is 5.53. The lowest BCUT2D eigenvalue weighted by atomic mass is 9.95. The maximum Gasteiger partial charge on any atom is 0.0361 e. The zero-order chi connectivity index (χ0) is 20.8. The molecule has 148 valence electrons. The van der Waals surface area contributed by atoms with Crippen molar-refractivity contribution in [3.8, 4) is 0 Å². The van der Waals surface area contributed by atoms with E-state index in [2.05, 4.69) is 97.1 Å². The third-order valence-electron chi connectivity index (χ3n) is 6.84. The van der Waals surface area contributed by atoms with Gasteiger partial charge in [-0.05, 0) is 56.6 Å². The predicted molar refractivity (Wildman–Crippen MR) is 145 cm³/mol. The van der Waals surface area contributed by atoms with E-state index in [9.17, 15) is 0 Å². The summed E-state index contributed by atoms with van der Waals surface area (Å²) in [6.45, 7) is 0. The molecule has 32 heavy (non-hydrogen) atoms.